The SMILES string of the molecule is C#CCNC(=O)C(C)N[C@@H](C)c1cccc(F)c1. The standard InChI is InChI=1S/C14H17FN2O/c1-4-8-16-14(18)11(3)17-10(2)12-6-5-7-13(15)9-12/h1,5-7,9-11,17H,8H2,2-3H3,(H,16,18)/t10-,11?/m0/s1. The average molecular weight is 248 g/mol. The number of hydrogen-bond donors (Lipinski definition) is 2. The summed E-state index contributed by atoms with van der Waals surface area (Å²) in [5, 5.41) is 5.67. The second-order valence-corrected chi connectivity index (χ2v) is 4.09. The van der Waals surface area contributed by atoms with E-state index >= 15 is 0 Å². The number of terminal acetylenes is 1. The normalized spacial score (nSPS) is 13.4. The summed E-state index contributed by atoms with van der Waals surface area (Å²) in [5.41, 5.74) is 0.798. The van der Waals surface area contributed by atoms with E-state index in [1.165, 1.54) is 12.1 Å². The maximum atomic E-state index is 13.1. The van der Waals surface area contributed by atoms with Gasteiger partial charge in [0.2, 0.25) is 5.91 Å². The zero-order valence-corrected chi connectivity index (χ0v) is 10.5. The lowest BCUT2D eigenvalue weighted by Crippen LogP contribution is -2.43. The molecular weight excluding hydrogens is 231 g/mol. The summed E-state index contributed by atoms with van der Waals surface area (Å²) in [7, 11) is 0. The molecule has 1 aromatic rings. The number of hydrogen-bond acceptors (Lipinski definition) is 2. The van der Waals surface area contributed by atoms with E-state index in [1.807, 2.05) is 13.0 Å². The van der Waals surface area contributed by atoms with Gasteiger partial charge in [-0.2, -0.15) is 0 Å². The molecule has 1 unspecified atom stereocenters. The Bertz CT molecular complexity index is 453. The van der Waals surface area contributed by atoms with Crippen LogP contribution in [0.15, 0.2) is 24.3 Å². The van der Waals surface area contributed by atoms with Gasteiger partial charge in [0.25, 0.3) is 0 Å². The Morgan fingerprint density at radius 3 is 2.83 bits per heavy atom. The fourth-order valence-corrected chi connectivity index (χ4v) is 1.61. The maximum Gasteiger partial charge on any atom is 0.237 e. The van der Waals surface area contributed by atoms with Crippen molar-refractivity contribution in [3.05, 3.63) is 35.6 Å². The maximum absolute atomic E-state index is 13.1. The minimum absolute atomic E-state index is 0.118. The summed E-state index contributed by atoms with van der Waals surface area (Å²) in [6.45, 7) is 3.82. The van der Waals surface area contributed by atoms with Gasteiger partial charge in [0.05, 0.1) is 12.6 Å². The molecule has 18 heavy (non-hydrogen) atoms. The lowest BCUT2D eigenvalue weighted by molar-refractivity contribution is -0.122. The molecule has 0 aliphatic carbocycles. The highest BCUT2D eigenvalue weighted by molar-refractivity contribution is 5.81. The molecule has 0 spiro atoms. The van der Waals surface area contributed by atoms with Gasteiger partial charge < -0.3 is 5.32 Å². The van der Waals surface area contributed by atoms with Crippen LogP contribution in [0, 0.1) is 18.2 Å². The molecule has 2 N–H and O–H groups in total. The topological polar surface area (TPSA) is 41.1 Å². The van der Waals surface area contributed by atoms with Crippen molar-refractivity contribution in [2.75, 3.05) is 6.54 Å². The fraction of sp³-hybridized carbons (Fsp3) is 0.357. The van der Waals surface area contributed by atoms with Crippen molar-refractivity contribution in [1.82, 2.24) is 10.6 Å². The Hall–Kier alpha value is -1.86. The number of carbonyl (C=O) groups excluding carboxylic acids is 1. The van der Waals surface area contributed by atoms with Crippen LogP contribution < -0.4 is 10.6 Å². The number of halogens is 1. The number of rotatable bonds is 5. The molecule has 0 aliphatic rings. The number of nitrogens with one attached hydrogen (secondary N) is 2. The van der Waals surface area contributed by atoms with Crippen LogP contribution in [0.4, 0.5) is 4.39 Å². The van der Waals surface area contributed by atoms with E-state index < -0.39 is 6.04 Å². The van der Waals surface area contributed by atoms with E-state index in [2.05, 4.69) is 16.6 Å². The summed E-state index contributed by atoms with van der Waals surface area (Å²) in [6.07, 6.45) is 5.06. The summed E-state index contributed by atoms with van der Waals surface area (Å²) in [6, 6.07) is 5.78. The molecule has 1 amide bonds. The average Bonchev–Trinajstić information content (AvgIpc) is 2.35. The molecular formula is C14H17FN2O. The highest BCUT2D eigenvalue weighted by Gasteiger charge is 2.15. The van der Waals surface area contributed by atoms with E-state index in [1.54, 1.807) is 13.0 Å². The van der Waals surface area contributed by atoms with E-state index in [9.17, 15) is 9.18 Å². The van der Waals surface area contributed by atoms with E-state index in [0.29, 0.717) is 0 Å². The second-order valence-electron chi connectivity index (χ2n) is 4.09. The van der Waals surface area contributed by atoms with E-state index in [0.717, 1.165) is 5.56 Å². The number of carbonyl (C=O) groups is 1. The van der Waals surface area contributed by atoms with Crippen molar-refractivity contribution in [2.24, 2.45) is 0 Å². The molecule has 3 nitrogen and oxygen atoms in total. The minimum Gasteiger partial charge on any atom is -0.344 e. The highest BCUT2D eigenvalue weighted by Crippen LogP contribution is 2.13. The molecule has 0 fully saturated rings. The smallest absolute Gasteiger partial charge is 0.237 e. The Morgan fingerprint density at radius 1 is 1.50 bits per heavy atom. The van der Waals surface area contributed by atoms with Gasteiger partial charge in [-0.05, 0) is 31.5 Å². The van der Waals surface area contributed by atoms with Crippen LogP contribution >= 0.6 is 0 Å². The van der Waals surface area contributed by atoms with Crippen LogP contribution in [0.25, 0.3) is 0 Å². The van der Waals surface area contributed by atoms with Crippen LogP contribution in [0.3, 0.4) is 0 Å². The fourth-order valence-electron chi connectivity index (χ4n) is 1.61. The Kier molecular flexibility index (Phi) is 5.34. The summed E-state index contributed by atoms with van der Waals surface area (Å²) in [4.78, 5) is 11.6. The summed E-state index contributed by atoms with van der Waals surface area (Å²) in [5.74, 6) is 1.88. The van der Waals surface area contributed by atoms with Crippen LogP contribution in [-0.4, -0.2) is 18.5 Å². The van der Waals surface area contributed by atoms with Gasteiger partial charge >= 0.3 is 0 Å². The molecule has 4 heteroatoms. The summed E-state index contributed by atoms with van der Waals surface area (Å²) < 4.78 is 13.1. The lowest BCUT2D eigenvalue weighted by Gasteiger charge is -2.19. The molecule has 0 heterocycles. The molecule has 1 rings (SSSR count). The van der Waals surface area contributed by atoms with Crippen molar-refractivity contribution in [3.8, 4) is 12.3 Å². The van der Waals surface area contributed by atoms with E-state index in [4.69, 9.17) is 6.42 Å². The molecule has 96 valence electrons. The van der Waals surface area contributed by atoms with Crippen LogP contribution in [-0.2, 0) is 4.79 Å². The van der Waals surface area contributed by atoms with Gasteiger partial charge in [-0.15, -0.1) is 6.42 Å². The number of benzene rings is 1. The van der Waals surface area contributed by atoms with Crippen molar-refractivity contribution < 1.29 is 9.18 Å². The predicted octanol–water partition coefficient (Wildman–Crippen LogP) is 1.61. The molecule has 0 radical (unpaired) electrons. The second kappa shape index (κ2) is 6.77. The monoisotopic (exact) mass is 248 g/mol. The highest BCUT2D eigenvalue weighted by atomic mass is 19.1. The summed E-state index contributed by atoms with van der Waals surface area (Å²) >= 11 is 0. The Morgan fingerprint density at radius 2 is 2.22 bits per heavy atom. The Labute approximate surface area is 107 Å². The van der Waals surface area contributed by atoms with Crippen LogP contribution in [0.2, 0.25) is 0 Å². The predicted molar refractivity (Wildman–Crippen MR) is 69.3 cm³/mol. The first-order valence-electron chi connectivity index (χ1n) is 5.77. The Balaban J connectivity index is 2.57. The van der Waals surface area contributed by atoms with Crippen molar-refractivity contribution in [3.63, 3.8) is 0 Å². The van der Waals surface area contributed by atoms with Gasteiger partial charge in [-0.25, -0.2) is 4.39 Å². The van der Waals surface area contributed by atoms with Crippen LogP contribution in [0.1, 0.15) is 25.5 Å². The quantitative estimate of drug-likeness (QED) is 0.777. The molecule has 0 bridgehead atoms. The molecule has 0 aromatic heterocycles. The van der Waals surface area contributed by atoms with Crippen molar-refractivity contribution in [1.29, 1.82) is 0 Å². The zero-order valence-electron chi connectivity index (χ0n) is 10.5. The first kappa shape index (κ1) is 14.2. The molecule has 2 atom stereocenters. The molecule has 0 aliphatic heterocycles. The van der Waals surface area contributed by atoms with Gasteiger partial charge in [-0.3, -0.25) is 10.1 Å². The van der Waals surface area contributed by atoms with Crippen molar-refractivity contribution in [2.45, 2.75) is 25.9 Å². The molecule has 1 aromatic carbocycles. The number of amides is 1. The van der Waals surface area contributed by atoms with E-state index in [-0.39, 0.29) is 24.3 Å². The first-order chi connectivity index (χ1) is 8.54. The largest absolute Gasteiger partial charge is 0.344 e. The van der Waals surface area contributed by atoms with Crippen LogP contribution in [0.5, 0.6) is 0 Å². The lowest BCUT2D eigenvalue weighted by atomic mass is 10.1. The third kappa shape index (κ3) is 4.19. The molecule has 0 saturated carbocycles. The van der Waals surface area contributed by atoms with Gasteiger partial charge in [0.15, 0.2) is 0 Å². The minimum atomic E-state index is -0.392. The van der Waals surface area contributed by atoms with Gasteiger partial charge in [0.1, 0.15) is 5.82 Å². The molecule has 0 saturated heterocycles. The first-order valence-corrected chi connectivity index (χ1v) is 5.77. The van der Waals surface area contributed by atoms with Gasteiger partial charge in [-0.1, -0.05) is 18.1 Å². The third-order valence-corrected chi connectivity index (χ3v) is 2.61. The van der Waals surface area contributed by atoms with Crippen molar-refractivity contribution >= 4 is 5.91 Å². The third-order valence-electron chi connectivity index (χ3n) is 2.61. The zero-order chi connectivity index (χ0) is 13.5. The van der Waals surface area contributed by atoms with Gasteiger partial charge in [0, 0.05) is 6.04 Å².